The largest absolute Gasteiger partial charge is 0.390 e. The minimum absolute atomic E-state index is 0.0537. The second-order valence-corrected chi connectivity index (χ2v) is 12.1. The highest BCUT2D eigenvalue weighted by molar-refractivity contribution is 8.00. The first kappa shape index (κ1) is 40.4. The molecule has 2 fully saturated rings. The number of nitrogens with zero attached hydrogens (tertiary/aromatic N) is 1. The molecule has 0 aliphatic carbocycles. The van der Waals surface area contributed by atoms with Crippen molar-refractivity contribution in [1.82, 2.24) is 10.2 Å². The second-order valence-electron chi connectivity index (χ2n) is 10.9. The molecule has 3 amide bonds. The molecule has 0 aromatic carbocycles. The third-order valence-electron chi connectivity index (χ3n) is 7.45. The molecule has 5 N–H and O–H groups in total. The highest BCUT2D eigenvalue weighted by atomic mass is 32.2. The number of thioether (sulfide) groups is 1. The zero-order valence-electron chi connectivity index (χ0n) is 27.0. The van der Waals surface area contributed by atoms with E-state index in [0.29, 0.717) is 39.5 Å². The van der Waals surface area contributed by atoms with E-state index in [4.69, 9.17) is 38.9 Å². The Hall–Kier alpha value is -1.77. The van der Waals surface area contributed by atoms with Crippen LogP contribution in [0.4, 0.5) is 0 Å². The van der Waals surface area contributed by atoms with Gasteiger partial charge in [0, 0.05) is 51.9 Å². The van der Waals surface area contributed by atoms with Crippen LogP contribution >= 0.6 is 11.8 Å². The molecule has 0 aromatic heterocycles. The van der Waals surface area contributed by atoms with Crippen LogP contribution in [0.25, 0.3) is 0 Å². The monoisotopic (exact) mass is 681 g/mol. The summed E-state index contributed by atoms with van der Waals surface area (Å²) in [6, 6.07) is -0.739. The average molecular weight is 682 g/mol. The number of likely N-dealkylation sites (tertiary alicyclic amines) is 1. The maximum atomic E-state index is 12.5. The summed E-state index contributed by atoms with van der Waals surface area (Å²) < 4.78 is 37.1. The van der Waals surface area contributed by atoms with Crippen molar-refractivity contribution in [2.45, 2.75) is 62.1 Å². The van der Waals surface area contributed by atoms with E-state index < -0.39 is 41.8 Å². The third-order valence-corrected chi connectivity index (χ3v) is 8.77. The van der Waals surface area contributed by atoms with Gasteiger partial charge in [-0.15, -0.1) is 11.8 Å². The maximum Gasteiger partial charge on any atom is 0.246 e. The van der Waals surface area contributed by atoms with E-state index in [1.54, 1.807) is 14.0 Å². The standard InChI is InChI=1S/C29H51N3O13S/c1-19-22(45-29(40-3)27(37)26(19)36)16-44-17-24(34)31-6-9-42-14-13-41-8-4-5-21(33)20(30)18-46-23-15-25(35)32(28(23)38)7-10-43-12-11-39-2/h19-20,22-23,26-27,29,36-37H,4-18,30H2,1-3H3,(H,31,34)/t19-,20?,22?,23?,26+,27?,29-/m1/s1. The van der Waals surface area contributed by atoms with Crippen LogP contribution in [0, 0.1) is 5.92 Å². The number of nitrogens with one attached hydrogen (secondary N) is 1. The van der Waals surface area contributed by atoms with Crippen LogP contribution in [0.3, 0.4) is 0 Å². The molecule has 4 unspecified atom stereocenters. The van der Waals surface area contributed by atoms with E-state index in [9.17, 15) is 29.4 Å². The predicted octanol–water partition coefficient (Wildman–Crippen LogP) is -1.92. The number of rotatable bonds is 25. The Balaban J connectivity index is 1.43. The van der Waals surface area contributed by atoms with Crippen LogP contribution in [0.2, 0.25) is 0 Å². The van der Waals surface area contributed by atoms with Gasteiger partial charge < -0.3 is 54.4 Å². The first-order chi connectivity index (χ1) is 22.1. The van der Waals surface area contributed by atoms with E-state index in [1.807, 2.05) is 0 Å². The van der Waals surface area contributed by atoms with Crippen molar-refractivity contribution in [2.75, 3.05) is 92.5 Å². The third kappa shape index (κ3) is 14.1. The summed E-state index contributed by atoms with van der Waals surface area (Å²) in [5.74, 6) is -1.16. The quantitative estimate of drug-likeness (QED) is 0.0611. The van der Waals surface area contributed by atoms with Crippen LogP contribution in [0.15, 0.2) is 0 Å². The number of imide groups is 1. The van der Waals surface area contributed by atoms with Gasteiger partial charge in [0.25, 0.3) is 0 Å². The fourth-order valence-electron chi connectivity index (χ4n) is 4.62. The summed E-state index contributed by atoms with van der Waals surface area (Å²) in [5, 5.41) is 22.2. The van der Waals surface area contributed by atoms with Crippen LogP contribution in [0.1, 0.15) is 26.2 Å². The number of carbonyl (C=O) groups is 4. The molecule has 0 saturated carbocycles. The molecule has 17 heteroatoms. The number of aliphatic hydroxyl groups is 2. The number of methoxy groups -OCH3 is 2. The van der Waals surface area contributed by atoms with Gasteiger partial charge in [0.2, 0.25) is 17.7 Å². The highest BCUT2D eigenvalue weighted by Crippen LogP contribution is 2.27. The second kappa shape index (κ2) is 22.7. The highest BCUT2D eigenvalue weighted by Gasteiger charge is 2.42. The van der Waals surface area contributed by atoms with Crippen molar-refractivity contribution in [3.8, 4) is 0 Å². The molecule has 0 aromatic rings. The Morgan fingerprint density at radius 2 is 1.72 bits per heavy atom. The average Bonchev–Trinajstić information content (AvgIpc) is 3.31. The molecule has 0 bridgehead atoms. The topological polar surface area (TPSA) is 215 Å². The molecule has 2 saturated heterocycles. The number of ketones is 1. The fourth-order valence-corrected chi connectivity index (χ4v) is 5.78. The molecule has 46 heavy (non-hydrogen) atoms. The lowest BCUT2D eigenvalue weighted by atomic mass is 9.91. The molecule has 266 valence electrons. The normalized spacial score (nSPS) is 25.7. The van der Waals surface area contributed by atoms with Gasteiger partial charge in [-0.2, -0.15) is 0 Å². The number of amides is 3. The molecule has 7 atom stereocenters. The molecule has 16 nitrogen and oxygen atoms in total. The number of carbonyl (C=O) groups excluding carboxylic acids is 4. The molecule has 0 radical (unpaired) electrons. The van der Waals surface area contributed by atoms with Crippen molar-refractivity contribution in [3.63, 3.8) is 0 Å². The van der Waals surface area contributed by atoms with Gasteiger partial charge in [0.05, 0.1) is 76.3 Å². The van der Waals surface area contributed by atoms with Gasteiger partial charge in [0.1, 0.15) is 18.5 Å². The summed E-state index contributed by atoms with van der Waals surface area (Å²) in [7, 11) is 2.93. The minimum Gasteiger partial charge on any atom is -0.390 e. The number of nitrogens with two attached hydrogens (primary N) is 1. The van der Waals surface area contributed by atoms with Crippen molar-refractivity contribution in [1.29, 1.82) is 0 Å². The summed E-state index contributed by atoms with van der Waals surface area (Å²) in [5.41, 5.74) is 6.01. The Kier molecular flexibility index (Phi) is 20.0. The number of hydrogen-bond donors (Lipinski definition) is 4. The minimum atomic E-state index is -1.16. The molecular formula is C29H51N3O13S. The van der Waals surface area contributed by atoms with Crippen molar-refractivity contribution in [2.24, 2.45) is 11.7 Å². The van der Waals surface area contributed by atoms with Crippen LogP contribution in [-0.2, 0) is 52.3 Å². The Labute approximate surface area is 274 Å². The van der Waals surface area contributed by atoms with Crippen molar-refractivity contribution in [3.05, 3.63) is 0 Å². The van der Waals surface area contributed by atoms with Crippen molar-refractivity contribution < 1.29 is 62.5 Å². The van der Waals surface area contributed by atoms with Gasteiger partial charge in [0.15, 0.2) is 6.29 Å². The molecule has 0 spiro atoms. The lowest BCUT2D eigenvalue weighted by Gasteiger charge is -2.40. The fraction of sp³-hybridized carbons (Fsp3) is 0.862. The Morgan fingerprint density at radius 1 is 1.02 bits per heavy atom. The summed E-state index contributed by atoms with van der Waals surface area (Å²) >= 11 is 1.23. The first-order valence-electron chi connectivity index (χ1n) is 15.5. The van der Waals surface area contributed by atoms with Crippen LogP contribution in [0.5, 0.6) is 0 Å². The number of ether oxygens (including phenoxy) is 7. The Morgan fingerprint density at radius 3 is 2.43 bits per heavy atom. The lowest BCUT2D eigenvalue weighted by Crippen LogP contribution is -2.55. The molecular weight excluding hydrogens is 630 g/mol. The number of Topliss-reactive ketones (excluding diaryl/α,β-unsaturated/α-hetero) is 1. The lowest BCUT2D eigenvalue weighted by molar-refractivity contribution is -0.282. The van der Waals surface area contributed by atoms with Gasteiger partial charge in [-0.1, -0.05) is 6.92 Å². The SMILES string of the molecule is COCCOCCN1C(=O)CC(SCC(N)C(=O)CCCOCCOCCNC(=O)COCC2O[C@@H](OC)C(O)[C@@H](O)[C@@H]2C)C1=O. The van der Waals surface area contributed by atoms with Gasteiger partial charge in [-0.25, -0.2) is 0 Å². The van der Waals surface area contributed by atoms with E-state index in [0.717, 1.165) is 0 Å². The molecule has 2 rings (SSSR count). The number of aliphatic hydroxyl groups excluding tert-OH is 2. The summed E-state index contributed by atoms with van der Waals surface area (Å²) in [6.07, 6.45) is -2.88. The predicted molar refractivity (Wildman–Crippen MR) is 165 cm³/mol. The van der Waals surface area contributed by atoms with E-state index in [-0.39, 0.29) is 81.6 Å². The maximum absolute atomic E-state index is 12.5. The van der Waals surface area contributed by atoms with Gasteiger partial charge in [-0.05, 0) is 6.42 Å². The first-order valence-corrected chi connectivity index (χ1v) is 16.5. The molecule has 2 heterocycles. The molecule has 2 aliphatic heterocycles. The van der Waals surface area contributed by atoms with Crippen LogP contribution < -0.4 is 11.1 Å². The Bertz CT molecular complexity index is 931. The van der Waals surface area contributed by atoms with Crippen LogP contribution in [-0.4, -0.2) is 167 Å². The molecule has 2 aliphatic rings. The van der Waals surface area contributed by atoms with Gasteiger partial charge in [-0.3, -0.25) is 24.1 Å². The summed E-state index contributed by atoms with van der Waals surface area (Å²) in [4.78, 5) is 50.3. The number of hydrogen-bond acceptors (Lipinski definition) is 15. The van der Waals surface area contributed by atoms with E-state index in [2.05, 4.69) is 5.32 Å². The zero-order chi connectivity index (χ0) is 33.9. The smallest absolute Gasteiger partial charge is 0.246 e. The zero-order valence-corrected chi connectivity index (χ0v) is 27.8. The van der Waals surface area contributed by atoms with Gasteiger partial charge >= 0.3 is 0 Å². The van der Waals surface area contributed by atoms with E-state index >= 15 is 0 Å². The van der Waals surface area contributed by atoms with E-state index in [1.165, 1.54) is 23.8 Å². The summed E-state index contributed by atoms with van der Waals surface area (Å²) in [6.45, 7) is 4.37. The van der Waals surface area contributed by atoms with Crippen molar-refractivity contribution >= 4 is 35.3 Å².